The molecular weight excluding hydrogens is 198 g/mol. The van der Waals surface area contributed by atoms with Gasteiger partial charge in [-0.05, 0) is 12.1 Å². The van der Waals surface area contributed by atoms with E-state index >= 15 is 0 Å². The van der Waals surface area contributed by atoms with Crippen LogP contribution in [0.2, 0.25) is 0 Å². The van der Waals surface area contributed by atoms with E-state index in [1.807, 2.05) is 18.2 Å². The number of aromatic hydroxyl groups is 1. The van der Waals surface area contributed by atoms with Gasteiger partial charge in [0.25, 0.3) is 0 Å². The fraction of sp³-hybridized carbons (Fsp3) is 0.111. The first-order chi connectivity index (χ1) is 6.84. The van der Waals surface area contributed by atoms with E-state index in [4.69, 9.17) is 5.11 Å². The smallest absolute Gasteiger partial charge is 0.209 e. The molecule has 2 heterocycles. The Hall–Kier alpha value is -1.49. The molecule has 0 fully saturated rings. The minimum Gasteiger partial charge on any atom is -0.493 e. The van der Waals surface area contributed by atoms with Gasteiger partial charge in [0.2, 0.25) is 5.88 Å². The zero-order chi connectivity index (χ0) is 9.80. The minimum absolute atomic E-state index is 0.0912. The Balaban J connectivity index is 1.95. The molecule has 14 heavy (non-hydrogen) atoms. The molecule has 2 aromatic rings. The molecule has 0 saturated heterocycles. The van der Waals surface area contributed by atoms with Crippen LogP contribution >= 0.6 is 11.8 Å². The first-order valence-corrected chi connectivity index (χ1v) is 5.10. The molecule has 0 bridgehead atoms. The lowest BCUT2D eigenvalue weighted by molar-refractivity contribution is 0.454. The number of thioether (sulfide) groups is 1. The average Bonchev–Trinajstić information content (AvgIpc) is 2.63. The molecule has 0 atom stereocenters. The first-order valence-electron chi connectivity index (χ1n) is 4.11. The number of nitrogens with one attached hydrogen (secondary N) is 1. The average molecular weight is 207 g/mol. The topological polar surface area (TPSA) is 61.8 Å². The molecule has 2 rings (SSSR count). The second-order valence-corrected chi connectivity index (χ2v) is 3.65. The normalized spacial score (nSPS) is 10.3. The van der Waals surface area contributed by atoms with Crippen LogP contribution in [0.3, 0.4) is 0 Å². The van der Waals surface area contributed by atoms with Crippen molar-refractivity contribution in [2.75, 3.05) is 0 Å². The number of H-pyrrole nitrogens is 1. The van der Waals surface area contributed by atoms with Crippen molar-refractivity contribution in [3.05, 3.63) is 36.3 Å². The Morgan fingerprint density at radius 3 is 2.93 bits per heavy atom. The molecule has 0 unspecified atom stereocenters. The lowest BCUT2D eigenvalue weighted by atomic mass is 10.4. The molecule has 4 nitrogen and oxygen atoms in total. The monoisotopic (exact) mass is 207 g/mol. The zero-order valence-electron chi connectivity index (χ0n) is 7.34. The van der Waals surface area contributed by atoms with Crippen LogP contribution in [-0.4, -0.2) is 20.1 Å². The van der Waals surface area contributed by atoms with Gasteiger partial charge in [0.15, 0.2) is 5.16 Å². The summed E-state index contributed by atoms with van der Waals surface area (Å²) < 4.78 is 0. The third-order valence-electron chi connectivity index (χ3n) is 1.62. The van der Waals surface area contributed by atoms with Crippen molar-refractivity contribution in [1.82, 2.24) is 15.0 Å². The summed E-state index contributed by atoms with van der Waals surface area (Å²) in [6.45, 7) is 0. The highest BCUT2D eigenvalue weighted by Gasteiger charge is 2.00. The van der Waals surface area contributed by atoms with E-state index in [2.05, 4.69) is 15.0 Å². The van der Waals surface area contributed by atoms with Gasteiger partial charge in [-0.15, -0.1) is 0 Å². The van der Waals surface area contributed by atoms with Crippen molar-refractivity contribution in [2.24, 2.45) is 0 Å². The Bertz CT molecular complexity index is 401. The molecule has 0 aliphatic rings. The highest BCUT2D eigenvalue weighted by molar-refractivity contribution is 7.98. The molecule has 2 aromatic heterocycles. The van der Waals surface area contributed by atoms with Gasteiger partial charge in [-0.1, -0.05) is 17.8 Å². The molecule has 0 aliphatic heterocycles. The lowest BCUT2D eigenvalue weighted by Gasteiger charge is -1.96. The van der Waals surface area contributed by atoms with Crippen LogP contribution in [0, 0.1) is 0 Å². The first kappa shape index (κ1) is 9.08. The van der Waals surface area contributed by atoms with Crippen LogP contribution in [0.15, 0.2) is 35.7 Å². The Morgan fingerprint density at radius 1 is 1.36 bits per heavy atom. The quantitative estimate of drug-likeness (QED) is 0.753. The Kier molecular flexibility index (Phi) is 2.69. The highest BCUT2D eigenvalue weighted by atomic mass is 32.2. The predicted molar refractivity (Wildman–Crippen MR) is 54.1 cm³/mol. The van der Waals surface area contributed by atoms with Gasteiger partial charge in [-0.25, -0.2) is 4.98 Å². The molecule has 0 saturated carbocycles. The van der Waals surface area contributed by atoms with Gasteiger partial charge < -0.3 is 10.1 Å². The summed E-state index contributed by atoms with van der Waals surface area (Å²) in [6, 6.07) is 5.78. The summed E-state index contributed by atoms with van der Waals surface area (Å²) in [5, 5.41) is 9.71. The number of hydrogen-bond donors (Lipinski definition) is 2. The number of hydrogen-bond acceptors (Lipinski definition) is 4. The third-order valence-corrected chi connectivity index (χ3v) is 2.54. The fourth-order valence-electron chi connectivity index (χ4n) is 0.993. The van der Waals surface area contributed by atoms with Crippen LogP contribution in [0.5, 0.6) is 5.88 Å². The van der Waals surface area contributed by atoms with Crippen molar-refractivity contribution < 1.29 is 5.11 Å². The molecule has 0 radical (unpaired) electrons. The number of rotatable bonds is 3. The van der Waals surface area contributed by atoms with E-state index in [0.29, 0.717) is 5.16 Å². The second-order valence-electron chi connectivity index (χ2n) is 2.68. The minimum atomic E-state index is 0.0912. The van der Waals surface area contributed by atoms with Gasteiger partial charge in [-0.3, -0.25) is 4.98 Å². The summed E-state index contributed by atoms with van der Waals surface area (Å²) in [6.07, 6.45) is 3.15. The number of imidazole rings is 1. The molecule has 2 N–H and O–H groups in total. The van der Waals surface area contributed by atoms with Crippen LogP contribution in [-0.2, 0) is 5.75 Å². The van der Waals surface area contributed by atoms with Gasteiger partial charge in [0.05, 0.1) is 11.9 Å². The van der Waals surface area contributed by atoms with Crippen molar-refractivity contribution in [3.63, 3.8) is 0 Å². The summed E-state index contributed by atoms with van der Waals surface area (Å²) in [5.74, 6) is 0.835. The van der Waals surface area contributed by atoms with Crippen LogP contribution in [0.4, 0.5) is 0 Å². The molecule has 0 aromatic carbocycles. The molecular formula is C9H9N3OS. The lowest BCUT2D eigenvalue weighted by Crippen LogP contribution is -1.84. The van der Waals surface area contributed by atoms with Gasteiger partial charge >= 0.3 is 0 Å². The van der Waals surface area contributed by atoms with Crippen molar-refractivity contribution in [1.29, 1.82) is 0 Å². The molecule has 0 spiro atoms. The maximum atomic E-state index is 9.00. The van der Waals surface area contributed by atoms with E-state index in [1.165, 1.54) is 18.0 Å². The second kappa shape index (κ2) is 4.15. The standard InChI is InChI=1S/C9H9N3OS/c13-8-5-11-9(12-8)14-6-7-3-1-2-4-10-7/h1-5,13H,6H2,(H,11,12). The maximum Gasteiger partial charge on any atom is 0.209 e. The van der Waals surface area contributed by atoms with E-state index < -0.39 is 0 Å². The van der Waals surface area contributed by atoms with Gasteiger partial charge in [0, 0.05) is 11.9 Å². The zero-order valence-corrected chi connectivity index (χ0v) is 8.16. The van der Waals surface area contributed by atoms with Gasteiger partial charge in [0.1, 0.15) is 0 Å². The van der Waals surface area contributed by atoms with Crippen molar-refractivity contribution >= 4 is 11.8 Å². The van der Waals surface area contributed by atoms with Crippen LogP contribution in [0.25, 0.3) is 0 Å². The Morgan fingerprint density at radius 2 is 2.29 bits per heavy atom. The van der Waals surface area contributed by atoms with Gasteiger partial charge in [-0.2, -0.15) is 0 Å². The van der Waals surface area contributed by atoms with E-state index in [9.17, 15) is 0 Å². The predicted octanol–water partition coefficient (Wildman–Crippen LogP) is 1.80. The van der Waals surface area contributed by atoms with E-state index in [-0.39, 0.29) is 5.88 Å². The largest absolute Gasteiger partial charge is 0.493 e. The summed E-state index contributed by atoms with van der Waals surface area (Å²) >= 11 is 1.51. The van der Waals surface area contributed by atoms with E-state index in [1.54, 1.807) is 6.20 Å². The Labute approximate surface area is 85.4 Å². The summed E-state index contributed by atoms with van der Waals surface area (Å²) in [4.78, 5) is 10.9. The fourth-order valence-corrected chi connectivity index (χ4v) is 1.75. The maximum absolute atomic E-state index is 9.00. The number of aromatic nitrogens is 3. The van der Waals surface area contributed by atoms with E-state index in [0.717, 1.165) is 11.4 Å². The SMILES string of the molecule is Oc1cnc(SCc2ccccn2)[nH]1. The molecule has 0 amide bonds. The molecule has 0 aliphatic carbocycles. The van der Waals surface area contributed by atoms with Crippen LogP contribution < -0.4 is 0 Å². The summed E-state index contributed by atoms with van der Waals surface area (Å²) in [7, 11) is 0. The third kappa shape index (κ3) is 2.26. The highest BCUT2D eigenvalue weighted by Crippen LogP contribution is 2.19. The van der Waals surface area contributed by atoms with Crippen molar-refractivity contribution in [3.8, 4) is 5.88 Å². The molecule has 72 valence electrons. The van der Waals surface area contributed by atoms with Crippen LogP contribution in [0.1, 0.15) is 5.69 Å². The number of pyridine rings is 1. The molecule has 5 heteroatoms. The summed E-state index contributed by atoms with van der Waals surface area (Å²) in [5.41, 5.74) is 0.994. The van der Waals surface area contributed by atoms with Crippen molar-refractivity contribution in [2.45, 2.75) is 10.9 Å². The number of nitrogens with zero attached hydrogens (tertiary/aromatic N) is 2. The number of aromatic amines is 1.